The molecule has 0 aliphatic rings. The van der Waals surface area contributed by atoms with Crippen molar-refractivity contribution in [3.05, 3.63) is 0 Å². The van der Waals surface area contributed by atoms with Gasteiger partial charge in [0.2, 0.25) is 5.91 Å². The van der Waals surface area contributed by atoms with E-state index in [1.807, 2.05) is 0 Å². The Morgan fingerprint density at radius 2 is 1.90 bits per heavy atom. The summed E-state index contributed by atoms with van der Waals surface area (Å²) in [6, 6.07) is 0.273. The van der Waals surface area contributed by atoms with Crippen molar-refractivity contribution in [3.63, 3.8) is 0 Å². The number of hydrogen-bond acceptors (Lipinski definition) is 3. The molecule has 0 saturated carbocycles. The lowest BCUT2D eigenvalue weighted by atomic mass is 9.93. The molecule has 3 N–H and O–H groups in total. The molecule has 0 saturated heterocycles. The Bertz CT molecular complexity index is 279. The first-order valence-electron chi connectivity index (χ1n) is 8.56. The van der Waals surface area contributed by atoms with Crippen molar-refractivity contribution >= 4 is 5.91 Å². The predicted molar refractivity (Wildman–Crippen MR) is 91.3 cm³/mol. The minimum absolute atomic E-state index is 0.0577. The third-order valence-electron chi connectivity index (χ3n) is 3.76. The third kappa shape index (κ3) is 10.7. The second kappa shape index (κ2) is 11.0. The van der Waals surface area contributed by atoms with E-state index in [1.165, 1.54) is 19.3 Å². The highest BCUT2D eigenvalue weighted by molar-refractivity contribution is 5.78. The topological polar surface area (TPSA) is 58.4 Å². The number of nitrogens with zero attached hydrogens (tertiary/aromatic N) is 1. The highest BCUT2D eigenvalue weighted by Gasteiger charge is 2.21. The van der Waals surface area contributed by atoms with Gasteiger partial charge in [-0.25, -0.2) is 0 Å². The van der Waals surface area contributed by atoms with Crippen LogP contribution >= 0.6 is 0 Å². The number of nitrogens with one attached hydrogen (secondary N) is 1. The van der Waals surface area contributed by atoms with Crippen LogP contribution in [0.1, 0.15) is 66.7 Å². The monoisotopic (exact) mass is 299 g/mol. The molecular formula is C17H37N3O. The van der Waals surface area contributed by atoms with Gasteiger partial charge in [0.15, 0.2) is 0 Å². The molecule has 0 spiro atoms. The SMILES string of the molecule is CCCCCC(C)NC(=O)CN(CCC)CC(C)(C)CN. The fraction of sp³-hybridized carbons (Fsp3) is 0.941. The van der Waals surface area contributed by atoms with Crippen molar-refractivity contribution in [1.82, 2.24) is 10.2 Å². The molecule has 0 aromatic heterocycles. The molecule has 0 aliphatic heterocycles. The fourth-order valence-corrected chi connectivity index (χ4v) is 2.50. The lowest BCUT2D eigenvalue weighted by Crippen LogP contribution is -2.45. The Balaban J connectivity index is 4.21. The summed E-state index contributed by atoms with van der Waals surface area (Å²) in [6.45, 7) is 13.7. The molecule has 1 unspecified atom stereocenters. The van der Waals surface area contributed by atoms with Crippen LogP contribution in [-0.4, -0.2) is 43.0 Å². The van der Waals surface area contributed by atoms with Gasteiger partial charge < -0.3 is 11.1 Å². The molecule has 21 heavy (non-hydrogen) atoms. The summed E-state index contributed by atoms with van der Waals surface area (Å²) in [5, 5.41) is 3.12. The summed E-state index contributed by atoms with van der Waals surface area (Å²) in [6.07, 6.45) is 5.78. The van der Waals surface area contributed by atoms with Crippen LogP contribution in [0.4, 0.5) is 0 Å². The summed E-state index contributed by atoms with van der Waals surface area (Å²) in [7, 11) is 0. The second-order valence-electron chi connectivity index (χ2n) is 7.04. The van der Waals surface area contributed by atoms with Crippen molar-refractivity contribution in [2.24, 2.45) is 11.1 Å². The maximum absolute atomic E-state index is 12.2. The third-order valence-corrected chi connectivity index (χ3v) is 3.76. The second-order valence-corrected chi connectivity index (χ2v) is 7.04. The van der Waals surface area contributed by atoms with Gasteiger partial charge in [0.25, 0.3) is 0 Å². The Morgan fingerprint density at radius 3 is 2.43 bits per heavy atom. The Morgan fingerprint density at radius 1 is 1.24 bits per heavy atom. The number of nitrogens with two attached hydrogens (primary N) is 1. The van der Waals surface area contributed by atoms with Gasteiger partial charge in [-0.3, -0.25) is 9.69 Å². The summed E-state index contributed by atoms with van der Waals surface area (Å²) in [4.78, 5) is 14.4. The molecule has 0 fully saturated rings. The van der Waals surface area contributed by atoms with Crippen LogP contribution < -0.4 is 11.1 Å². The van der Waals surface area contributed by atoms with E-state index in [0.29, 0.717) is 13.1 Å². The van der Waals surface area contributed by atoms with Gasteiger partial charge in [-0.05, 0) is 38.3 Å². The van der Waals surface area contributed by atoms with Gasteiger partial charge >= 0.3 is 0 Å². The van der Waals surface area contributed by atoms with Gasteiger partial charge in [-0.1, -0.05) is 47.0 Å². The molecule has 0 rings (SSSR count). The molecule has 1 atom stereocenters. The number of unbranched alkanes of at least 4 members (excludes halogenated alkanes) is 2. The van der Waals surface area contributed by atoms with Crippen LogP contribution in [0.25, 0.3) is 0 Å². The van der Waals surface area contributed by atoms with E-state index in [2.05, 4.69) is 44.8 Å². The number of carbonyl (C=O) groups excluding carboxylic acids is 1. The lowest BCUT2D eigenvalue weighted by Gasteiger charge is -2.31. The molecule has 0 aromatic rings. The first-order chi connectivity index (χ1) is 9.84. The number of hydrogen-bond donors (Lipinski definition) is 2. The van der Waals surface area contributed by atoms with Gasteiger partial charge in [-0.2, -0.15) is 0 Å². The van der Waals surface area contributed by atoms with E-state index in [0.717, 1.165) is 25.9 Å². The summed E-state index contributed by atoms with van der Waals surface area (Å²) >= 11 is 0. The molecule has 0 radical (unpaired) electrons. The normalized spacial score (nSPS) is 13.5. The lowest BCUT2D eigenvalue weighted by molar-refractivity contribution is -0.123. The zero-order chi connectivity index (χ0) is 16.3. The first kappa shape index (κ1) is 20.4. The van der Waals surface area contributed by atoms with Crippen LogP contribution in [0.5, 0.6) is 0 Å². The molecule has 1 amide bonds. The molecule has 0 aliphatic carbocycles. The summed E-state index contributed by atoms with van der Waals surface area (Å²) in [5.41, 5.74) is 5.86. The number of amides is 1. The smallest absolute Gasteiger partial charge is 0.234 e. The average Bonchev–Trinajstić information content (AvgIpc) is 2.38. The van der Waals surface area contributed by atoms with Crippen molar-refractivity contribution in [2.75, 3.05) is 26.2 Å². The highest BCUT2D eigenvalue weighted by Crippen LogP contribution is 2.15. The largest absolute Gasteiger partial charge is 0.353 e. The fourth-order valence-electron chi connectivity index (χ4n) is 2.50. The van der Waals surface area contributed by atoms with Crippen LogP contribution in [0.15, 0.2) is 0 Å². The molecule has 4 heteroatoms. The minimum atomic E-state index is 0.0577. The molecule has 4 nitrogen and oxygen atoms in total. The summed E-state index contributed by atoms with van der Waals surface area (Å²) in [5.74, 6) is 0.139. The van der Waals surface area contributed by atoms with Gasteiger partial charge in [0.1, 0.15) is 0 Å². The van der Waals surface area contributed by atoms with Crippen LogP contribution in [0.2, 0.25) is 0 Å². The van der Waals surface area contributed by atoms with Crippen LogP contribution in [-0.2, 0) is 4.79 Å². The summed E-state index contributed by atoms with van der Waals surface area (Å²) < 4.78 is 0. The molecule has 0 bridgehead atoms. The quantitative estimate of drug-likeness (QED) is 0.545. The van der Waals surface area contributed by atoms with E-state index < -0.39 is 0 Å². The van der Waals surface area contributed by atoms with E-state index in [9.17, 15) is 4.79 Å². The van der Waals surface area contributed by atoms with Gasteiger partial charge in [0.05, 0.1) is 6.54 Å². The van der Waals surface area contributed by atoms with Crippen molar-refractivity contribution < 1.29 is 4.79 Å². The van der Waals surface area contributed by atoms with Crippen molar-refractivity contribution in [1.29, 1.82) is 0 Å². The Hall–Kier alpha value is -0.610. The van der Waals surface area contributed by atoms with E-state index >= 15 is 0 Å². The van der Waals surface area contributed by atoms with Crippen molar-refractivity contribution in [2.45, 2.75) is 72.8 Å². The van der Waals surface area contributed by atoms with Crippen LogP contribution in [0.3, 0.4) is 0 Å². The molecule has 126 valence electrons. The zero-order valence-corrected chi connectivity index (χ0v) is 14.9. The standard InChI is InChI=1S/C17H37N3O/c1-6-8-9-10-15(3)19-16(21)12-20(11-7-2)14-17(4,5)13-18/h15H,6-14,18H2,1-5H3,(H,19,21). The van der Waals surface area contributed by atoms with Gasteiger partial charge in [-0.15, -0.1) is 0 Å². The Labute approximate surface area is 131 Å². The highest BCUT2D eigenvalue weighted by atomic mass is 16.2. The molecule has 0 aromatic carbocycles. The maximum Gasteiger partial charge on any atom is 0.234 e. The van der Waals surface area contributed by atoms with Crippen molar-refractivity contribution in [3.8, 4) is 0 Å². The molecule has 0 heterocycles. The predicted octanol–water partition coefficient (Wildman–Crippen LogP) is 2.77. The minimum Gasteiger partial charge on any atom is -0.353 e. The van der Waals surface area contributed by atoms with E-state index in [-0.39, 0.29) is 17.4 Å². The van der Waals surface area contributed by atoms with Crippen LogP contribution in [0, 0.1) is 5.41 Å². The average molecular weight is 300 g/mol. The van der Waals surface area contributed by atoms with E-state index in [1.54, 1.807) is 0 Å². The maximum atomic E-state index is 12.2. The Kier molecular flexibility index (Phi) is 10.7. The number of rotatable bonds is 12. The molecular weight excluding hydrogens is 262 g/mol. The van der Waals surface area contributed by atoms with E-state index in [4.69, 9.17) is 5.73 Å². The zero-order valence-electron chi connectivity index (χ0n) is 14.9. The number of carbonyl (C=O) groups is 1. The first-order valence-corrected chi connectivity index (χ1v) is 8.56. The van der Waals surface area contributed by atoms with Gasteiger partial charge in [0, 0.05) is 12.6 Å².